The molecule has 0 heterocycles. The van der Waals surface area contributed by atoms with Crippen LogP contribution in [0.15, 0.2) is 24.3 Å². The Morgan fingerprint density at radius 2 is 1.89 bits per heavy atom. The first-order valence-corrected chi connectivity index (χ1v) is 6.51. The first-order chi connectivity index (χ1) is 8.32. The molecule has 1 N–H and O–H groups in total. The zero-order valence-corrected chi connectivity index (χ0v) is 12.1. The highest BCUT2D eigenvalue weighted by atomic mass is 19.1. The lowest BCUT2D eigenvalue weighted by Gasteiger charge is -2.35. The Morgan fingerprint density at radius 1 is 1.28 bits per heavy atom. The van der Waals surface area contributed by atoms with Gasteiger partial charge in [0.1, 0.15) is 5.82 Å². The molecule has 102 valence electrons. The zero-order chi connectivity index (χ0) is 13.8. The molecular weight excluding hydrogens is 227 g/mol. The van der Waals surface area contributed by atoms with Gasteiger partial charge < -0.3 is 10.2 Å². The van der Waals surface area contributed by atoms with Crippen molar-refractivity contribution >= 4 is 5.69 Å². The molecule has 0 aliphatic heterocycles. The van der Waals surface area contributed by atoms with Crippen LogP contribution in [0.4, 0.5) is 10.1 Å². The molecule has 1 rings (SSSR count). The van der Waals surface area contributed by atoms with Crippen LogP contribution < -0.4 is 5.32 Å². The Hall–Kier alpha value is -1.09. The zero-order valence-electron chi connectivity index (χ0n) is 12.1. The van der Waals surface area contributed by atoms with Gasteiger partial charge in [-0.2, -0.15) is 0 Å². The second kappa shape index (κ2) is 6.19. The predicted octanol–water partition coefficient (Wildman–Crippen LogP) is 3.60. The van der Waals surface area contributed by atoms with E-state index in [0.717, 1.165) is 13.1 Å². The fraction of sp³-hybridized carbons (Fsp3) is 0.600. The Labute approximate surface area is 110 Å². The molecule has 1 atom stereocenters. The van der Waals surface area contributed by atoms with E-state index >= 15 is 0 Å². The number of hydrogen-bond donors (Lipinski definition) is 1. The molecule has 1 aromatic rings. The first-order valence-electron chi connectivity index (χ1n) is 6.51. The number of para-hydroxylation sites is 1. The molecule has 0 saturated carbocycles. The Balaban J connectivity index is 2.41. The Bertz CT molecular complexity index is 371. The maximum atomic E-state index is 13.4. The summed E-state index contributed by atoms with van der Waals surface area (Å²) < 4.78 is 13.4. The molecule has 2 nitrogen and oxygen atoms in total. The van der Waals surface area contributed by atoms with Gasteiger partial charge in [0.05, 0.1) is 5.69 Å². The molecule has 0 fully saturated rings. The molecule has 1 aromatic carbocycles. The van der Waals surface area contributed by atoms with Crippen molar-refractivity contribution in [2.45, 2.75) is 33.7 Å². The van der Waals surface area contributed by atoms with Crippen molar-refractivity contribution in [1.82, 2.24) is 4.90 Å². The molecule has 0 aromatic heterocycles. The van der Waals surface area contributed by atoms with Crippen LogP contribution in [0.25, 0.3) is 0 Å². The van der Waals surface area contributed by atoms with Crippen LogP contribution in [0.5, 0.6) is 0 Å². The van der Waals surface area contributed by atoms with Gasteiger partial charge in [0.25, 0.3) is 0 Å². The molecule has 0 aliphatic rings. The molecule has 0 radical (unpaired) electrons. The quantitative estimate of drug-likeness (QED) is 0.861. The summed E-state index contributed by atoms with van der Waals surface area (Å²) in [5, 5.41) is 3.13. The molecule has 0 amide bonds. The van der Waals surface area contributed by atoms with Gasteiger partial charge in [-0.25, -0.2) is 4.39 Å². The highest BCUT2D eigenvalue weighted by molar-refractivity contribution is 5.44. The molecule has 18 heavy (non-hydrogen) atoms. The van der Waals surface area contributed by atoms with E-state index in [9.17, 15) is 4.39 Å². The van der Waals surface area contributed by atoms with Gasteiger partial charge in [0, 0.05) is 19.1 Å². The fourth-order valence-electron chi connectivity index (χ4n) is 1.83. The number of halogens is 1. The minimum atomic E-state index is -0.191. The number of hydrogen-bond acceptors (Lipinski definition) is 2. The minimum absolute atomic E-state index is 0.191. The van der Waals surface area contributed by atoms with Crippen molar-refractivity contribution < 1.29 is 4.39 Å². The van der Waals surface area contributed by atoms with Gasteiger partial charge in [-0.15, -0.1) is 0 Å². The number of nitrogens with zero attached hydrogens (tertiary/aromatic N) is 1. The van der Waals surface area contributed by atoms with E-state index in [-0.39, 0.29) is 11.2 Å². The molecule has 0 saturated heterocycles. The number of likely N-dealkylation sites (N-methyl/N-ethyl adjacent to an activating group) is 1. The van der Waals surface area contributed by atoms with Crippen molar-refractivity contribution in [3.05, 3.63) is 30.1 Å². The summed E-state index contributed by atoms with van der Waals surface area (Å²) in [4.78, 5) is 2.30. The van der Waals surface area contributed by atoms with Crippen molar-refractivity contribution in [2.24, 2.45) is 5.41 Å². The third-order valence-electron chi connectivity index (χ3n) is 3.57. The highest BCUT2D eigenvalue weighted by Gasteiger charge is 2.23. The molecule has 1 unspecified atom stereocenters. The van der Waals surface area contributed by atoms with E-state index in [2.05, 4.69) is 45.0 Å². The third kappa shape index (κ3) is 4.30. The fourth-order valence-corrected chi connectivity index (χ4v) is 1.83. The number of benzene rings is 1. The lowest BCUT2D eigenvalue weighted by atomic mass is 9.87. The smallest absolute Gasteiger partial charge is 0.146 e. The van der Waals surface area contributed by atoms with Gasteiger partial charge in [-0.1, -0.05) is 32.9 Å². The maximum absolute atomic E-state index is 13.4. The van der Waals surface area contributed by atoms with Gasteiger partial charge >= 0.3 is 0 Å². The molecule has 0 bridgehead atoms. The van der Waals surface area contributed by atoms with Crippen molar-refractivity contribution in [1.29, 1.82) is 0 Å². The predicted molar refractivity (Wildman–Crippen MR) is 76.4 cm³/mol. The highest BCUT2D eigenvalue weighted by Crippen LogP contribution is 2.22. The summed E-state index contributed by atoms with van der Waals surface area (Å²) in [6.45, 7) is 10.6. The van der Waals surface area contributed by atoms with Crippen LogP contribution >= 0.6 is 0 Å². The molecule has 3 heteroatoms. The monoisotopic (exact) mass is 252 g/mol. The van der Waals surface area contributed by atoms with Crippen LogP contribution in [0.1, 0.15) is 27.7 Å². The molecular formula is C15H25FN2. The van der Waals surface area contributed by atoms with E-state index in [1.807, 2.05) is 6.07 Å². The van der Waals surface area contributed by atoms with E-state index < -0.39 is 0 Å². The van der Waals surface area contributed by atoms with Crippen molar-refractivity contribution in [2.75, 3.05) is 25.5 Å². The largest absolute Gasteiger partial charge is 0.381 e. The van der Waals surface area contributed by atoms with E-state index in [1.165, 1.54) is 6.07 Å². The lowest BCUT2D eigenvalue weighted by molar-refractivity contribution is 0.146. The summed E-state index contributed by atoms with van der Waals surface area (Å²) in [6, 6.07) is 7.27. The summed E-state index contributed by atoms with van der Waals surface area (Å²) in [7, 11) is 2.11. The second-order valence-corrected chi connectivity index (χ2v) is 5.93. The summed E-state index contributed by atoms with van der Waals surface area (Å²) in [6.07, 6.45) is 0. The number of anilines is 1. The SMILES string of the molecule is CC(N(C)CCNc1ccccc1F)C(C)(C)C. The summed E-state index contributed by atoms with van der Waals surface area (Å²) >= 11 is 0. The van der Waals surface area contributed by atoms with Gasteiger partial charge in [-0.05, 0) is 31.5 Å². The Kier molecular flexibility index (Phi) is 5.15. The molecule has 0 aliphatic carbocycles. The minimum Gasteiger partial charge on any atom is -0.381 e. The van der Waals surface area contributed by atoms with Crippen LogP contribution in [-0.4, -0.2) is 31.1 Å². The topological polar surface area (TPSA) is 15.3 Å². The van der Waals surface area contributed by atoms with Crippen molar-refractivity contribution in [3.8, 4) is 0 Å². The average Bonchev–Trinajstić information content (AvgIpc) is 2.29. The molecule has 0 spiro atoms. The van der Waals surface area contributed by atoms with Crippen LogP contribution in [-0.2, 0) is 0 Å². The average molecular weight is 252 g/mol. The summed E-state index contributed by atoms with van der Waals surface area (Å²) in [5.41, 5.74) is 0.835. The number of nitrogens with one attached hydrogen (secondary N) is 1. The third-order valence-corrected chi connectivity index (χ3v) is 3.57. The van der Waals surface area contributed by atoms with E-state index in [4.69, 9.17) is 0 Å². The Morgan fingerprint density at radius 3 is 2.44 bits per heavy atom. The lowest BCUT2D eigenvalue weighted by Crippen LogP contribution is -2.41. The normalized spacial score (nSPS) is 13.7. The van der Waals surface area contributed by atoms with Crippen LogP contribution in [0, 0.1) is 11.2 Å². The van der Waals surface area contributed by atoms with Crippen LogP contribution in [0.2, 0.25) is 0 Å². The summed E-state index contributed by atoms with van der Waals surface area (Å²) in [5.74, 6) is -0.191. The van der Waals surface area contributed by atoms with Gasteiger partial charge in [-0.3, -0.25) is 0 Å². The number of rotatable bonds is 5. The van der Waals surface area contributed by atoms with Gasteiger partial charge in [0.2, 0.25) is 0 Å². The second-order valence-electron chi connectivity index (χ2n) is 5.93. The van der Waals surface area contributed by atoms with Crippen molar-refractivity contribution in [3.63, 3.8) is 0 Å². The van der Waals surface area contributed by atoms with E-state index in [0.29, 0.717) is 11.7 Å². The van der Waals surface area contributed by atoms with Gasteiger partial charge in [0.15, 0.2) is 0 Å². The van der Waals surface area contributed by atoms with Crippen LogP contribution in [0.3, 0.4) is 0 Å². The van der Waals surface area contributed by atoms with E-state index in [1.54, 1.807) is 12.1 Å². The first kappa shape index (κ1) is 15.0. The standard InChI is InChI=1S/C15H25FN2/c1-12(15(2,3)4)18(5)11-10-17-14-9-7-6-8-13(14)16/h6-9,12,17H,10-11H2,1-5H3. The maximum Gasteiger partial charge on any atom is 0.146 e.